The van der Waals surface area contributed by atoms with Crippen molar-refractivity contribution in [3.8, 4) is 0 Å². The topological polar surface area (TPSA) is 31.4 Å². The first-order valence-corrected chi connectivity index (χ1v) is 12.3. The Kier molecular flexibility index (Phi) is 5.86. The van der Waals surface area contributed by atoms with Crippen LogP contribution in [0.15, 0.2) is 72.9 Å². The van der Waals surface area contributed by atoms with Gasteiger partial charge in [-0.2, -0.15) is 0 Å². The molecule has 0 radical (unpaired) electrons. The average molecular weight is 489 g/mol. The van der Waals surface area contributed by atoms with E-state index in [0.29, 0.717) is 11.7 Å². The van der Waals surface area contributed by atoms with Gasteiger partial charge in [-0.15, -0.1) is 0 Å². The van der Waals surface area contributed by atoms with Gasteiger partial charge in [-0.25, -0.2) is 0 Å². The second kappa shape index (κ2) is 8.71. The van der Waals surface area contributed by atoms with Crippen LogP contribution in [0.4, 0.5) is 5.69 Å². The van der Waals surface area contributed by atoms with Crippen LogP contribution in [0.5, 0.6) is 0 Å². The van der Waals surface area contributed by atoms with E-state index in [9.17, 15) is 0 Å². The molecule has 0 amide bonds. The lowest BCUT2D eigenvalue weighted by molar-refractivity contribution is 0.311. The quantitative estimate of drug-likeness (QED) is 0.421. The molecule has 0 aliphatic carbocycles. The predicted molar refractivity (Wildman–Crippen MR) is 145 cm³/mol. The van der Waals surface area contributed by atoms with Gasteiger partial charge in [0.15, 0.2) is 5.11 Å². The third-order valence-corrected chi connectivity index (χ3v) is 7.73. The zero-order chi connectivity index (χ0) is 24.0. The lowest BCUT2D eigenvalue weighted by atomic mass is 9.86. The maximum Gasteiger partial charge on any atom is 0.170 e. The number of hydrogen-bond donors (Lipinski definition) is 1. The molecule has 2 unspecified atom stereocenters. The molecule has 34 heavy (non-hydrogen) atoms. The minimum atomic E-state index is -0.102. The lowest BCUT2D eigenvalue weighted by Crippen LogP contribution is -2.42. The first kappa shape index (κ1) is 22.9. The van der Waals surface area contributed by atoms with Crippen molar-refractivity contribution in [1.82, 2.24) is 15.2 Å². The van der Waals surface area contributed by atoms with Crippen LogP contribution < -0.4 is 10.2 Å². The number of thiocarbonyl (C=S) groups is 1. The molecule has 3 aromatic rings. The maximum atomic E-state index is 7.05. The van der Waals surface area contributed by atoms with Crippen molar-refractivity contribution < 1.29 is 0 Å². The SMILES string of the molecule is CC1=CC(C)(C)N(C)c2cc(Cl)c(C3C(c4ccccn4)NC(=S)N3Cc3ccccc3)cc21. The highest BCUT2D eigenvalue weighted by Gasteiger charge is 2.41. The second-order valence-corrected chi connectivity index (χ2v) is 10.5. The molecule has 2 aromatic carbocycles. The number of allylic oxidation sites excluding steroid dienone is 1. The van der Waals surface area contributed by atoms with E-state index in [1.54, 1.807) is 0 Å². The molecule has 6 heteroatoms. The highest BCUT2D eigenvalue weighted by Crippen LogP contribution is 2.47. The molecule has 1 saturated heterocycles. The van der Waals surface area contributed by atoms with Gasteiger partial charge in [0, 0.05) is 36.1 Å². The molecule has 2 aliphatic rings. The second-order valence-electron chi connectivity index (χ2n) is 9.67. The molecule has 3 heterocycles. The summed E-state index contributed by atoms with van der Waals surface area (Å²) in [5, 5.41) is 4.99. The highest BCUT2D eigenvalue weighted by molar-refractivity contribution is 7.80. The standard InChI is InChI=1S/C28H29ClN4S/c1-18-16-28(2,3)32(4)24-15-22(29)21(14-20(18)24)26-25(23-12-8-9-13-30-23)31-27(34)33(26)17-19-10-6-5-7-11-19/h5-16,25-26H,17H2,1-4H3,(H,31,34). The van der Waals surface area contributed by atoms with Gasteiger partial charge in [0.25, 0.3) is 0 Å². The summed E-state index contributed by atoms with van der Waals surface area (Å²) in [6.07, 6.45) is 4.15. The summed E-state index contributed by atoms with van der Waals surface area (Å²) in [4.78, 5) is 9.20. The van der Waals surface area contributed by atoms with Gasteiger partial charge in [-0.05, 0) is 74.0 Å². The Morgan fingerprint density at radius 3 is 2.53 bits per heavy atom. The predicted octanol–water partition coefficient (Wildman–Crippen LogP) is 6.54. The summed E-state index contributed by atoms with van der Waals surface area (Å²) < 4.78 is 0. The van der Waals surface area contributed by atoms with Crippen LogP contribution in [0.3, 0.4) is 0 Å². The van der Waals surface area contributed by atoms with Crippen molar-refractivity contribution in [2.45, 2.75) is 44.9 Å². The average Bonchev–Trinajstić information content (AvgIpc) is 3.14. The van der Waals surface area contributed by atoms with Crippen LogP contribution >= 0.6 is 23.8 Å². The molecule has 0 saturated carbocycles. The number of pyridine rings is 1. The molecule has 2 atom stereocenters. The molecule has 1 fully saturated rings. The van der Waals surface area contributed by atoms with Crippen molar-refractivity contribution in [1.29, 1.82) is 0 Å². The van der Waals surface area contributed by atoms with E-state index in [-0.39, 0.29) is 17.6 Å². The van der Waals surface area contributed by atoms with Crippen LogP contribution in [0.25, 0.3) is 5.57 Å². The number of nitrogens with one attached hydrogen (secondary N) is 1. The summed E-state index contributed by atoms with van der Waals surface area (Å²) in [6.45, 7) is 7.31. The monoisotopic (exact) mass is 488 g/mol. The zero-order valence-electron chi connectivity index (χ0n) is 19.9. The Hall–Kier alpha value is -2.89. The summed E-state index contributed by atoms with van der Waals surface area (Å²) >= 11 is 12.9. The van der Waals surface area contributed by atoms with Gasteiger partial charge >= 0.3 is 0 Å². The number of benzene rings is 2. The Morgan fingerprint density at radius 2 is 1.82 bits per heavy atom. The van der Waals surface area contributed by atoms with E-state index >= 15 is 0 Å². The van der Waals surface area contributed by atoms with E-state index in [2.05, 4.69) is 90.4 Å². The van der Waals surface area contributed by atoms with Gasteiger partial charge < -0.3 is 15.1 Å². The molecule has 5 rings (SSSR count). The minimum Gasteiger partial charge on any atom is -0.365 e. The van der Waals surface area contributed by atoms with Crippen LogP contribution in [-0.4, -0.2) is 27.6 Å². The highest BCUT2D eigenvalue weighted by atomic mass is 35.5. The third-order valence-electron chi connectivity index (χ3n) is 7.05. The number of anilines is 1. The molecule has 0 bridgehead atoms. The fraction of sp³-hybridized carbons (Fsp3) is 0.286. The normalized spacial score (nSPS) is 21.2. The van der Waals surface area contributed by atoms with Crippen LogP contribution in [0.2, 0.25) is 5.02 Å². The van der Waals surface area contributed by atoms with Crippen molar-refractivity contribution >= 4 is 40.2 Å². The Morgan fingerprint density at radius 1 is 1.09 bits per heavy atom. The van der Waals surface area contributed by atoms with Gasteiger partial charge in [0.2, 0.25) is 0 Å². The summed E-state index contributed by atoms with van der Waals surface area (Å²) in [5.41, 5.74) is 6.74. The van der Waals surface area contributed by atoms with Gasteiger partial charge in [0.1, 0.15) is 0 Å². The number of halogens is 1. The maximum absolute atomic E-state index is 7.05. The number of rotatable bonds is 4. The largest absolute Gasteiger partial charge is 0.365 e. The number of nitrogens with zero attached hydrogens (tertiary/aromatic N) is 3. The zero-order valence-corrected chi connectivity index (χ0v) is 21.5. The van der Waals surface area contributed by atoms with Crippen molar-refractivity contribution in [3.05, 3.63) is 100 Å². The molecule has 0 spiro atoms. The number of aromatic nitrogens is 1. The fourth-order valence-corrected chi connectivity index (χ4v) is 5.68. The summed E-state index contributed by atoms with van der Waals surface area (Å²) in [7, 11) is 2.13. The van der Waals surface area contributed by atoms with Crippen molar-refractivity contribution in [3.63, 3.8) is 0 Å². The van der Waals surface area contributed by atoms with Gasteiger partial charge in [0.05, 0.1) is 23.3 Å². The van der Waals surface area contributed by atoms with E-state index in [1.807, 2.05) is 30.5 Å². The fourth-order valence-electron chi connectivity index (χ4n) is 5.11. The Balaban J connectivity index is 1.64. The molecule has 4 nitrogen and oxygen atoms in total. The first-order chi connectivity index (χ1) is 16.3. The molecule has 174 valence electrons. The Labute approximate surface area is 212 Å². The summed E-state index contributed by atoms with van der Waals surface area (Å²) in [5.74, 6) is 0. The lowest BCUT2D eigenvalue weighted by Gasteiger charge is -2.41. The third kappa shape index (κ3) is 3.97. The molecule has 1 aromatic heterocycles. The van der Waals surface area contributed by atoms with Crippen molar-refractivity contribution in [2.24, 2.45) is 0 Å². The van der Waals surface area contributed by atoms with Crippen molar-refractivity contribution in [2.75, 3.05) is 11.9 Å². The van der Waals surface area contributed by atoms with Crippen LogP contribution in [0, 0.1) is 0 Å². The van der Waals surface area contributed by atoms with Gasteiger partial charge in [-0.1, -0.05) is 54.1 Å². The number of likely N-dealkylation sites (N-methyl/N-ethyl adjacent to an activating group) is 1. The molecular formula is C28H29ClN4S. The van der Waals surface area contributed by atoms with Gasteiger partial charge in [-0.3, -0.25) is 4.98 Å². The number of hydrogen-bond acceptors (Lipinski definition) is 3. The first-order valence-electron chi connectivity index (χ1n) is 11.6. The smallest absolute Gasteiger partial charge is 0.170 e. The van der Waals surface area contributed by atoms with E-state index < -0.39 is 0 Å². The van der Waals surface area contributed by atoms with Crippen LogP contribution in [0.1, 0.15) is 55.2 Å². The van der Waals surface area contributed by atoms with E-state index in [1.165, 1.54) is 16.7 Å². The van der Waals surface area contributed by atoms with Crippen LogP contribution in [-0.2, 0) is 6.54 Å². The Bertz CT molecular complexity index is 1260. The molecule has 1 N–H and O–H groups in total. The molecule has 2 aliphatic heterocycles. The summed E-state index contributed by atoms with van der Waals surface area (Å²) in [6, 6.07) is 20.6. The molecular weight excluding hydrogens is 460 g/mol. The van der Waals surface area contributed by atoms with E-state index in [0.717, 1.165) is 22.0 Å². The number of fused-ring (bicyclic) bond motifs is 1. The minimum absolute atomic E-state index is 0.0752. The van der Waals surface area contributed by atoms with E-state index in [4.69, 9.17) is 23.8 Å².